The van der Waals surface area contributed by atoms with E-state index in [4.69, 9.17) is 0 Å². The van der Waals surface area contributed by atoms with Gasteiger partial charge in [-0.15, -0.1) is 11.3 Å². The minimum Gasteiger partial charge on any atom is -0.381 e. The summed E-state index contributed by atoms with van der Waals surface area (Å²) < 4.78 is 2.79. The smallest absolute Gasteiger partial charge is 0.131 e. The van der Waals surface area contributed by atoms with E-state index in [1.807, 2.05) is 4.68 Å². The Morgan fingerprint density at radius 1 is 1.53 bits per heavy atom. The first-order chi connectivity index (χ1) is 9.20. The normalized spacial score (nSPS) is 15.7. The Bertz CT molecular complexity index is 569. The van der Waals surface area contributed by atoms with E-state index < -0.39 is 6.10 Å². The summed E-state index contributed by atoms with van der Waals surface area (Å²) in [5, 5.41) is 15.0. The molecule has 1 atom stereocenters. The molecule has 5 heteroatoms. The van der Waals surface area contributed by atoms with Crippen molar-refractivity contribution in [3.05, 3.63) is 37.7 Å². The van der Waals surface area contributed by atoms with Gasteiger partial charge in [0.25, 0.3) is 0 Å². The van der Waals surface area contributed by atoms with Gasteiger partial charge in [0.2, 0.25) is 0 Å². The van der Waals surface area contributed by atoms with Gasteiger partial charge in [-0.05, 0) is 53.2 Å². The SMILES string of the molecule is CCCn1ncc(Br)c1C(O)c1cc2c(s1)CCC2. The van der Waals surface area contributed by atoms with Crippen molar-refractivity contribution < 1.29 is 5.11 Å². The third-order valence-corrected chi connectivity index (χ3v) is 5.46. The van der Waals surface area contributed by atoms with Crippen LogP contribution in [-0.4, -0.2) is 14.9 Å². The molecule has 2 aromatic rings. The van der Waals surface area contributed by atoms with E-state index in [1.54, 1.807) is 17.5 Å². The molecule has 0 saturated carbocycles. The van der Waals surface area contributed by atoms with Crippen LogP contribution < -0.4 is 0 Å². The first-order valence-corrected chi connectivity index (χ1v) is 8.32. The molecule has 0 saturated heterocycles. The number of aryl methyl sites for hydroxylation is 3. The molecule has 0 aromatic carbocycles. The fourth-order valence-electron chi connectivity index (χ4n) is 2.66. The van der Waals surface area contributed by atoms with Crippen LogP contribution in [0.1, 0.15) is 46.9 Å². The molecular formula is C14H17BrN2OS. The van der Waals surface area contributed by atoms with Gasteiger partial charge < -0.3 is 5.11 Å². The van der Waals surface area contributed by atoms with Gasteiger partial charge in [-0.1, -0.05) is 6.92 Å². The highest BCUT2D eigenvalue weighted by molar-refractivity contribution is 9.10. The molecule has 19 heavy (non-hydrogen) atoms. The lowest BCUT2D eigenvalue weighted by Crippen LogP contribution is -2.09. The largest absolute Gasteiger partial charge is 0.381 e. The molecule has 2 heterocycles. The van der Waals surface area contributed by atoms with E-state index >= 15 is 0 Å². The minimum atomic E-state index is -0.570. The molecule has 1 aliphatic rings. The van der Waals surface area contributed by atoms with Gasteiger partial charge in [-0.25, -0.2) is 0 Å². The predicted octanol–water partition coefficient (Wildman–Crippen LogP) is 3.69. The van der Waals surface area contributed by atoms with Crippen LogP contribution in [0.15, 0.2) is 16.7 Å². The van der Waals surface area contributed by atoms with Crippen molar-refractivity contribution in [2.24, 2.45) is 0 Å². The fraction of sp³-hybridized carbons (Fsp3) is 0.500. The number of hydrogen-bond acceptors (Lipinski definition) is 3. The molecule has 0 bridgehead atoms. The summed E-state index contributed by atoms with van der Waals surface area (Å²) in [6, 6.07) is 2.17. The number of aliphatic hydroxyl groups excluding tert-OH is 1. The average molecular weight is 341 g/mol. The Morgan fingerprint density at radius 3 is 3.11 bits per heavy atom. The van der Waals surface area contributed by atoms with Crippen molar-refractivity contribution in [1.29, 1.82) is 0 Å². The summed E-state index contributed by atoms with van der Waals surface area (Å²) in [4.78, 5) is 2.50. The van der Waals surface area contributed by atoms with Crippen molar-refractivity contribution in [3.8, 4) is 0 Å². The Labute approximate surface area is 125 Å². The molecule has 0 aliphatic heterocycles. The van der Waals surface area contributed by atoms with Crippen molar-refractivity contribution in [1.82, 2.24) is 9.78 Å². The number of halogens is 1. The topological polar surface area (TPSA) is 38.0 Å². The molecule has 1 aliphatic carbocycles. The lowest BCUT2D eigenvalue weighted by molar-refractivity contribution is 0.210. The molecule has 102 valence electrons. The summed E-state index contributed by atoms with van der Waals surface area (Å²) in [7, 11) is 0. The molecular weight excluding hydrogens is 324 g/mol. The van der Waals surface area contributed by atoms with E-state index in [0.717, 1.165) is 34.4 Å². The summed E-state index contributed by atoms with van der Waals surface area (Å²) in [6.45, 7) is 2.95. The number of aromatic nitrogens is 2. The molecule has 2 aromatic heterocycles. The van der Waals surface area contributed by atoms with Gasteiger partial charge in [0.1, 0.15) is 6.10 Å². The van der Waals surface area contributed by atoms with E-state index in [0.29, 0.717) is 0 Å². The van der Waals surface area contributed by atoms with Crippen LogP contribution in [0.3, 0.4) is 0 Å². The third-order valence-electron chi connectivity index (χ3n) is 3.56. The van der Waals surface area contributed by atoms with Gasteiger partial charge in [-0.2, -0.15) is 5.10 Å². The highest BCUT2D eigenvalue weighted by atomic mass is 79.9. The number of fused-ring (bicyclic) bond motifs is 1. The Hall–Kier alpha value is -0.650. The highest BCUT2D eigenvalue weighted by Crippen LogP contribution is 2.37. The quantitative estimate of drug-likeness (QED) is 0.921. The summed E-state index contributed by atoms with van der Waals surface area (Å²) in [6.07, 6.45) is 5.80. The number of rotatable bonds is 4. The number of thiophene rings is 1. The maximum absolute atomic E-state index is 10.6. The zero-order valence-corrected chi connectivity index (χ0v) is 13.3. The van der Waals surface area contributed by atoms with Crippen molar-refractivity contribution >= 4 is 27.3 Å². The zero-order chi connectivity index (χ0) is 13.4. The van der Waals surface area contributed by atoms with Crippen LogP contribution in [0, 0.1) is 0 Å². The van der Waals surface area contributed by atoms with Crippen molar-refractivity contribution in [2.45, 2.75) is 45.3 Å². The molecule has 0 spiro atoms. The summed E-state index contributed by atoms with van der Waals surface area (Å²) in [5.41, 5.74) is 2.30. The van der Waals surface area contributed by atoms with Gasteiger partial charge in [0, 0.05) is 16.3 Å². The number of aliphatic hydroxyl groups is 1. The van der Waals surface area contributed by atoms with E-state index in [9.17, 15) is 5.11 Å². The van der Waals surface area contributed by atoms with Gasteiger partial charge in [-0.3, -0.25) is 4.68 Å². The first kappa shape index (κ1) is 13.3. The van der Waals surface area contributed by atoms with Crippen molar-refractivity contribution in [3.63, 3.8) is 0 Å². The summed E-state index contributed by atoms with van der Waals surface area (Å²) >= 11 is 5.25. The maximum Gasteiger partial charge on any atom is 0.131 e. The predicted molar refractivity (Wildman–Crippen MR) is 80.6 cm³/mol. The molecule has 0 radical (unpaired) electrons. The standard InChI is InChI=1S/C14H17BrN2OS/c1-2-6-17-13(10(15)8-16-17)14(18)12-7-9-4-3-5-11(9)19-12/h7-8,14,18H,2-6H2,1H3. The second kappa shape index (κ2) is 5.38. The Morgan fingerprint density at radius 2 is 2.37 bits per heavy atom. The molecule has 3 nitrogen and oxygen atoms in total. The lowest BCUT2D eigenvalue weighted by Gasteiger charge is -2.12. The van der Waals surface area contributed by atoms with Crippen molar-refractivity contribution in [2.75, 3.05) is 0 Å². The zero-order valence-electron chi connectivity index (χ0n) is 10.9. The van der Waals surface area contributed by atoms with Crippen LogP contribution in [0.25, 0.3) is 0 Å². The maximum atomic E-state index is 10.6. The Balaban J connectivity index is 1.94. The van der Waals surface area contributed by atoms with E-state index in [-0.39, 0.29) is 0 Å². The van der Waals surface area contributed by atoms with E-state index in [2.05, 4.69) is 34.0 Å². The molecule has 0 fully saturated rings. The number of nitrogens with zero attached hydrogens (tertiary/aromatic N) is 2. The molecule has 1 N–H and O–H groups in total. The second-order valence-electron chi connectivity index (χ2n) is 4.95. The lowest BCUT2D eigenvalue weighted by atomic mass is 10.1. The van der Waals surface area contributed by atoms with E-state index in [1.165, 1.54) is 23.3 Å². The molecule has 0 amide bonds. The highest BCUT2D eigenvalue weighted by Gasteiger charge is 2.24. The molecule has 3 rings (SSSR count). The average Bonchev–Trinajstić information content (AvgIpc) is 3.03. The van der Waals surface area contributed by atoms with Gasteiger partial charge in [0.05, 0.1) is 16.4 Å². The summed E-state index contributed by atoms with van der Waals surface area (Å²) in [5.74, 6) is 0. The second-order valence-corrected chi connectivity index (χ2v) is 6.98. The third kappa shape index (κ3) is 2.39. The van der Waals surface area contributed by atoms with Crippen LogP contribution in [0.5, 0.6) is 0 Å². The fourth-order valence-corrected chi connectivity index (χ4v) is 4.42. The monoisotopic (exact) mass is 340 g/mol. The first-order valence-electron chi connectivity index (χ1n) is 6.71. The van der Waals surface area contributed by atoms with Crippen LogP contribution in [0.2, 0.25) is 0 Å². The number of hydrogen-bond donors (Lipinski definition) is 1. The van der Waals surface area contributed by atoms with Crippen LogP contribution >= 0.6 is 27.3 Å². The van der Waals surface area contributed by atoms with Crippen LogP contribution in [-0.2, 0) is 19.4 Å². The van der Waals surface area contributed by atoms with Crippen LogP contribution in [0.4, 0.5) is 0 Å². The van der Waals surface area contributed by atoms with Gasteiger partial charge >= 0.3 is 0 Å². The minimum absolute atomic E-state index is 0.570. The van der Waals surface area contributed by atoms with Gasteiger partial charge in [0.15, 0.2) is 0 Å². The Kier molecular flexibility index (Phi) is 3.78. The molecule has 1 unspecified atom stereocenters.